The summed E-state index contributed by atoms with van der Waals surface area (Å²) in [4.78, 5) is 24.2. The highest BCUT2D eigenvalue weighted by Gasteiger charge is 2.67. The van der Waals surface area contributed by atoms with Crippen LogP contribution >= 0.6 is 0 Å². The maximum Gasteiger partial charge on any atom is 0.316 e. The molecule has 3 atom stereocenters. The Balaban J connectivity index is 3.30. The number of Topliss-reactive ketones (excluding diaryl/α,β-unsaturated/α-hetero) is 1. The van der Waals surface area contributed by atoms with E-state index in [-0.39, 0.29) is 19.4 Å². The van der Waals surface area contributed by atoms with Gasteiger partial charge in [-0.05, 0) is 26.2 Å². The normalized spacial score (nSPS) is 35.3. The third kappa shape index (κ3) is 1.72. The molecule has 0 aromatic carbocycles. The van der Waals surface area contributed by atoms with E-state index in [2.05, 4.69) is 0 Å². The molecule has 1 saturated carbocycles. The molecule has 0 saturated heterocycles. The Bertz CT molecular complexity index is 400. The molecule has 0 aliphatic heterocycles. The zero-order chi connectivity index (χ0) is 14.0. The van der Waals surface area contributed by atoms with Gasteiger partial charge in [-0.15, -0.1) is 0 Å². The summed E-state index contributed by atoms with van der Waals surface area (Å²) in [5, 5.41) is 19.5. The largest absolute Gasteiger partial charge is 0.465 e. The minimum absolute atomic E-state index is 0.160. The Morgan fingerprint density at radius 1 is 1.56 bits per heavy atom. The van der Waals surface area contributed by atoms with E-state index in [0.717, 1.165) is 0 Å². The highest BCUT2D eigenvalue weighted by atomic mass is 16.5. The molecule has 0 radical (unpaired) electrons. The van der Waals surface area contributed by atoms with Gasteiger partial charge in [0.05, 0.1) is 6.61 Å². The third-order valence-electron chi connectivity index (χ3n) is 3.94. The highest BCUT2D eigenvalue weighted by Crippen LogP contribution is 2.51. The zero-order valence-electron chi connectivity index (χ0n) is 11.0. The molecule has 0 heterocycles. The molecule has 1 rings (SSSR count). The van der Waals surface area contributed by atoms with Gasteiger partial charge in [0.25, 0.3) is 0 Å². The van der Waals surface area contributed by atoms with Gasteiger partial charge in [0.2, 0.25) is 5.60 Å². The molecular formula is C13H19NO4. The first-order valence-corrected chi connectivity index (χ1v) is 6.28. The molecule has 1 N–H and O–H groups in total. The molecule has 5 heteroatoms. The lowest BCUT2D eigenvalue weighted by Crippen LogP contribution is -2.52. The molecule has 18 heavy (non-hydrogen) atoms. The zero-order valence-corrected chi connectivity index (χ0v) is 11.0. The second-order valence-electron chi connectivity index (χ2n) is 4.65. The Hall–Kier alpha value is -1.41. The number of hydrogen-bond donors (Lipinski definition) is 1. The van der Waals surface area contributed by atoms with Crippen LogP contribution in [-0.4, -0.2) is 29.1 Å². The molecule has 0 amide bonds. The summed E-state index contributed by atoms with van der Waals surface area (Å²) in [6.45, 7) is 5.30. The maximum absolute atomic E-state index is 12.1. The number of ether oxygens (including phenoxy) is 1. The number of nitrogens with zero attached hydrogens (tertiary/aromatic N) is 1. The molecular weight excluding hydrogens is 234 g/mol. The molecule has 1 aliphatic rings. The second kappa shape index (κ2) is 5.07. The van der Waals surface area contributed by atoms with E-state index in [9.17, 15) is 14.7 Å². The maximum atomic E-state index is 12.1. The van der Waals surface area contributed by atoms with Gasteiger partial charge in [-0.1, -0.05) is 13.8 Å². The van der Waals surface area contributed by atoms with Gasteiger partial charge >= 0.3 is 5.97 Å². The molecule has 0 aromatic rings. The van der Waals surface area contributed by atoms with Crippen LogP contribution in [0.3, 0.4) is 0 Å². The quantitative estimate of drug-likeness (QED) is 0.601. The predicted octanol–water partition coefficient (Wildman–Crippen LogP) is 1.20. The van der Waals surface area contributed by atoms with E-state index in [1.807, 2.05) is 0 Å². The van der Waals surface area contributed by atoms with Crippen molar-refractivity contribution in [3.8, 4) is 6.07 Å². The van der Waals surface area contributed by atoms with E-state index in [1.54, 1.807) is 26.8 Å². The first-order valence-electron chi connectivity index (χ1n) is 6.28. The fourth-order valence-electron chi connectivity index (χ4n) is 2.73. The van der Waals surface area contributed by atoms with Crippen molar-refractivity contribution in [2.45, 2.75) is 45.6 Å². The number of carbonyl (C=O) groups is 2. The van der Waals surface area contributed by atoms with Crippen LogP contribution in [0.1, 0.15) is 40.0 Å². The van der Waals surface area contributed by atoms with Crippen molar-refractivity contribution in [2.75, 3.05) is 6.61 Å². The lowest BCUT2D eigenvalue weighted by Gasteiger charge is -2.32. The van der Waals surface area contributed by atoms with Gasteiger partial charge in [-0.25, -0.2) is 0 Å². The fraction of sp³-hybridized carbons (Fsp3) is 0.769. The molecule has 5 nitrogen and oxygen atoms in total. The summed E-state index contributed by atoms with van der Waals surface area (Å²) in [7, 11) is 0. The number of ketones is 1. The SMILES string of the molecule is CCOC(=O)C1(CC)CC(CC)C(=O)C1(O)C#N. The van der Waals surface area contributed by atoms with E-state index in [1.165, 1.54) is 0 Å². The lowest BCUT2D eigenvalue weighted by atomic mass is 9.72. The molecule has 0 bridgehead atoms. The second-order valence-corrected chi connectivity index (χ2v) is 4.65. The Morgan fingerprint density at radius 3 is 2.56 bits per heavy atom. The van der Waals surface area contributed by atoms with E-state index < -0.39 is 28.7 Å². The number of aliphatic hydroxyl groups is 1. The topological polar surface area (TPSA) is 87.4 Å². The van der Waals surface area contributed by atoms with E-state index in [4.69, 9.17) is 10.00 Å². The average Bonchev–Trinajstić information content (AvgIpc) is 2.61. The van der Waals surface area contributed by atoms with Crippen LogP contribution in [0.5, 0.6) is 0 Å². The van der Waals surface area contributed by atoms with Crippen molar-refractivity contribution in [1.82, 2.24) is 0 Å². The summed E-state index contributed by atoms with van der Waals surface area (Å²) in [5.74, 6) is -1.66. The van der Waals surface area contributed by atoms with Crippen molar-refractivity contribution in [1.29, 1.82) is 5.26 Å². The van der Waals surface area contributed by atoms with Gasteiger partial charge in [-0.3, -0.25) is 9.59 Å². The summed E-state index contributed by atoms with van der Waals surface area (Å²) in [6, 6.07) is 1.64. The van der Waals surface area contributed by atoms with Crippen molar-refractivity contribution in [3.63, 3.8) is 0 Å². The minimum atomic E-state index is -2.26. The van der Waals surface area contributed by atoms with Crippen LogP contribution < -0.4 is 0 Å². The fourth-order valence-corrected chi connectivity index (χ4v) is 2.73. The first-order chi connectivity index (χ1) is 8.43. The Kier molecular flexibility index (Phi) is 4.12. The highest BCUT2D eigenvalue weighted by molar-refractivity contribution is 6.02. The molecule has 0 aromatic heterocycles. The molecule has 3 unspecified atom stereocenters. The number of esters is 1. The molecule has 1 aliphatic carbocycles. The van der Waals surface area contributed by atoms with E-state index in [0.29, 0.717) is 6.42 Å². The van der Waals surface area contributed by atoms with Gasteiger partial charge < -0.3 is 9.84 Å². The van der Waals surface area contributed by atoms with Crippen LogP contribution in [0.15, 0.2) is 0 Å². The van der Waals surface area contributed by atoms with Crippen molar-refractivity contribution >= 4 is 11.8 Å². The van der Waals surface area contributed by atoms with Gasteiger partial charge in [0, 0.05) is 5.92 Å². The summed E-state index contributed by atoms with van der Waals surface area (Å²) >= 11 is 0. The van der Waals surface area contributed by atoms with Crippen molar-refractivity contribution in [3.05, 3.63) is 0 Å². The Morgan fingerprint density at radius 2 is 2.17 bits per heavy atom. The van der Waals surface area contributed by atoms with Crippen molar-refractivity contribution in [2.24, 2.45) is 11.3 Å². The summed E-state index contributed by atoms with van der Waals surface area (Å²) in [5.41, 5.74) is -3.68. The number of nitriles is 1. The van der Waals surface area contributed by atoms with Gasteiger partial charge in [0.15, 0.2) is 5.78 Å². The summed E-state index contributed by atoms with van der Waals surface area (Å²) in [6.07, 6.45) is 0.893. The first kappa shape index (κ1) is 14.7. The Labute approximate surface area is 107 Å². The average molecular weight is 253 g/mol. The smallest absolute Gasteiger partial charge is 0.316 e. The predicted molar refractivity (Wildman–Crippen MR) is 63.3 cm³/mol. The van der Waals surface area contributed by atoms with Gasteiger partial charge in [-0.2, -0.15) is 5.26 Å². The number of carbonyl (C=O) groups excluding carboxylic acids is 2. The molecule has 100 valence electrons. The minimum Gasteiger partial charge on any atom is -0.465 e. The van der Waals surface area contributed by atoms with Crippen molar-refractivity contribution < 1.29 is 19.4 Å². The van der Waals surface area contributed by atoms with Crippen LogP contribution in [0, 0.1) is 22.7 Å². The number of hydrogen-bond acceptors (Lipinski definition) is 5. The standard InChI is InChI=1S/C13H19NO4/c1-4-9-7-12(5-2,11(16)18-6-3)13(17,8-14)10(9)15/h9,17H,4-7H2,1-3H3. The van der Waals surface area contributed by atoms with Crippen LogP contribution in [0.2, 0.25) is 0 Å². The molecule has 0 spiro atoms. The molecule has 1 fully saturated rings. The lowest BCUT2D eigenvalue weighted by molar-refractivity contribution is -0.169. The third-order valence-corrected chi connectivity index (χ3v) is 3.94. The van der Waals surface area contributed by atoms with Crippen LogP contribution in [0.4, 0.5) is 0 Å². The monoisotopic (exact) mass is 253 g/mol. The summed E-state index contributed by atoms with van der Waals surface area (Å²) < 4.78 is 4.96. The van der Waals surface area contributed by atoms with Crippen LogP contribution in [-0.2, 0) is 14.3 Å². The van der Waals surface area contributed by atoms with E-state index >= 15 is 0 Å². The number of rotatable bonds is 4. The van der Waals surface area contributed by atoms with Crippen LogP contribution in [0.25, 0.3) is 0 Å². The van der Waals surface area contributed by atoms with Gasteiger partial charge in [0.1, 0.15) is 11.5 Å².